The summed E-state index contributed by atoms with van der Waals surface area (Å²) in [4.78, 5) is 25.0. The van der Waals surface area contributed by atoms with Gasteiger partial charge in [-0.25, -0.2) is 0 Å². The molecule has 0 bridgehead atoms. The Balaban J connectivity index is 2.11. The lowest BCUT2D eigenvalue weighted by Crippen LogP contribution is -2.40. The maximum absolute atomic E-state index is 11.9. The summed E-state index contributed by atoms with van der Waals surface area (Å²) >= 11 is 0. The molecule has 1 aliphatic rings. The fourth-order valence-corrected chi connectivity index (χ4v) is 1.90. The number of hydrogen-bond donors (Lipinski definition) is 3. The molecule has 0 saturated carbocycles. The zero-order valence-corrected chi connectivity index (χ0v) is 9.88. The van der Waals surface area contributed by atoms with Gasteiger partial charge in [-0.2, -0.15) is 0 Å². The number of amides is 2. The lowest BCUT2D eigenvalue weighted by Gasteiger charge is -2.12. The van der Waals surface area contributed by atoms with Crippen LogP contribution in [0.1, 0.15) is 16.8 Å². The maximum Gasteiger partial charge on any atom is 0.255 e. The minimum atomic E-state index is -0.546. The van der Waals surface area contributed by atoms with E-state index in [0.717, 1.165) is 6.07 Å². The van der Waals surface area contributed by atoms with Crippen LogP contribution in [0, 0.1) is 0 Å². The lowest BCUT2D eigenvalue weighted by atomic mass is 10.1. The Hall–Kier alpha value is -2.24. The van der Waals surface area contributed by atoms with E-state index in [1.54, 1.807) is 11.9 Å². The van der Waals surface area contributed by atoms with Crippen LogP contribution in [-0.4, -0.2) is 46.6 Å². The van der Waals surface area contributed by atoms with Crippen LogP contribution in [0.15, 0.2) is 18.2 Å². The van der Waals surface area contributed by atoms with Crippen molar-refractivity contribution in [1.82, 2.24) is 10.2 Å². The summed E-state index contributed by atoms with van der Waals surface area (Å²) in [6.45, 7) is 0.603. The van der Waals surface area contributed by atoms with Crippen molar-refractivity contribution >= 4 is 11.8 Å². The highest BCUT2D eigenvalue weighted by molar-refractivity contribution is 6.00. The first-order valence-electron chi connectivity index (χ1n) is 5.57. The van der Waals surface area contributed by atoms with Gasteiger partial charge >= 0.3 is 0 Å². The maximum atomic E-state index is 11.9. The minimum Gasteiger partial charge on any atom is -0.508 e. The Morgan fingerprint density at radius 2 is 2.17 bits per heavy atom. The molecular formula is C12H14N2O4. The second kappa shape index (κ2) is 4.56. The smallest absolute Gasteiger partial charge is 0.255 e. The lowest BCUT2D eigenvalue weighted by molar-refractivity contribution is -0.128. The van der Waals surface area contributed by atoms with E-state index in [1.807, 2.05) is 0 Å². The van der Waals surface area contributed by atoms with Crippen molar-refractivity contribution in [3.8, 4) is 11.5 Å². The molecule has 1 fully saturated rings. The third-order valence-corrected chi connectivity index (χ3v) is 2.96. The van der Waals surface area contributed by atoms with Crippen molar-refractivity contribution in [2.75, 3.05) is 13.6 Å². The van der Waals surface area contributed by atoms with Gasteiger partial charge in [0.25, 0.3) is 5.91 Å². The summed E-state index contributed by atoms with van der Waals surface area (Å²) in [6.07, 6.45) is 0.555. The molecule has 18 heavy (non-hydrogen) atoms. The van der Waals surface area contributed by atoms with Gasteiger partial charge in [-0.1, -0.05) is 0 Å². The molecule has 2 amide bonds. The Bertz CT molecular complexity index is 501. The van der Waals surface area contributed by atoms with Crippen LogP contribution in [-0.2, 0) is 4.79 Å². The monoisotopic (exact) mass is 250 g/mol. The molecule has 0 aromatic heterocycles. The van der Waals surface area contributed by atoms with Gasteiger partial charge in [0.2, 0.25) is 5.91 Å². The number of carbonyl (C=O) groups excluding carboxylic acids is 2. The highest BCUT2D eigenvalue weighted by atomic mass is 16.3. The molecule has 1 unspecified atom stereocenters. The van der Waals surface area contributed by atoms with Crippen LogP contribution in [0.3, 0.4) is 0 Å². The van der Waals surface area contributed by atoms with E-state index in [-0.39, 0.29) is 23.0 Å². The van der Waals surface area contributed by atoms with Gasteiger partial charge < -0.3 is 20.4 Å². The average molecular weight is 250 g/mol. The van der Waals surface area contributed by atoms with Crippen molar-refractivity contribution in [1.29, 1.82) is 0 Å². The second-order valence-corrected chi connectivity index (χ2v) is 4.28. The molecule has 1 heterocycles. The molecule has 96 valence electrons. The number of phenols is 2. The first kappa shape index (κ1) is 12.2. The fraction of sp³-hybridized carbons (Fsp3) is 0.333. The number of carbonyl (C=O) groups is 2. The number of hydrogen-bond acceptors (Lipinski definition) is 4. The number of phenolic OH excluding ortho intramolecular Hbond substituents is 2. The van der Waals surface area contributed by atoms with Crippen LogP contribution in [0.25, 0.3) is 0 Å². The third kappa shape index (κ3) is 2.22. The molecule has 1 aliphatic heterocycles. The predicted octanol–water partition coefficient (Wildman–Crippen LogP) is 0.0583. The number of nitrogens with one attached hydrogen (secondary N) is 1. The largest absolute Gasteiger partial charge is 0.508 e. The SMILES string of the molecule is CN1CCC(NC(=O)c2ccc(O)cc2O)C1=O. The number of aromatic hydroxyl groups is 2. The summed E-state index contributed by atoms with van der Waals surface area (Å²) in [5, 5.41) is 21.2. The normalized spacial score (nSPS) is 19.1. The Morgan fingerprint density at radius 1 is 1.44 bits per heavy atom. The zero-order valence-electron chi connectivity index (χ0n) is 9.88. The molecule has 6 heteroatoms. The van der Waals surface area contributed by atoms with Crippen LogP contribution in [0.4, 0.5) is 0 Å². The van der Waals surface area contributed by atoms with Crippen molar-refractivity contribution in [2.45, 2.75) is 12.5 Å². The van der Waals surface area contributed by atoms with E-state index < -0.39 is 11.9 Å². The third-order valence-electron chi connectivity index (χ3n) is 2.96. The minimum absolute atomic E-state index is 0.0372. The second-order valence-electron chi connectivity index (χ2n) is 4.28. The van der Waals surface area contributed by atoms with E-state index in [4.69, 9.17) is 5.11 Å². The number of nitrogens with zero attached hydrogens (tertiary/aromatic N) is 1. The number of likely N-dealkylation sites (N-methyl/N-ethyl adjacent to an activating group) is 1. The Labute approximate surface area is 104 Å². The van der Waals surface area contributed by atoms with Crippen molar-refractivity contribution < 1.29 is 19.8 Å². The Kier molecular flexibility index (Phi) is 3.10. The van der Waals surface area contributed by atoms with Gasteiger partial charge in [0.15, 0.2) is 0 Å². The van der Waals surface area contributed by atoms with Crippen LogP contribution in [0.2, 0.25) is 0 Å². The molecule has 2 rings (SSSR count). The van der Waals surface area contributed by atoms with Gasteiger partial charge in [-0.15, -0.1) is 0 Å². The van der Waals surface area contributed by atoms with Gasteiger partial charge in [0, 0.05) is 19.7 Å². The van der Waals surface area contributed by atoms with E-state index >= 15 is 0 Å². The summed E-state index contributed by atoms with van der Waals surface area (Å²) in [5.41, 5.74) is 0.0372. The first-order valence-corrected chi connectivity index (χ1v) is 5.57. The van der Waals surface area contributed by atoms with Crippen molar-refractivity contribution in [3.05, 3.63) is 23.8 Å². The van der Waals surface area contributed by atoms with Crippen LogP contribution >= 0.6 is 0 Å². The number of benzene rings is 1. The van der Waals surface area contributed by atoms with E-state index in [0.29, 0.717) is 13.0 Å². The molecule has 0 spiro atoms. The van der Waals surface area contributed by atoms with Gasteiger partial charge in [-0.05, 0) is 18.6 Å². The van der Waals surface area contributed by atoms with Crippen LogP contribution in [0.5, 0.6) is 11.5 Å². The van der Waals surface area contributed by atoms with E-state index in [1.165, 1.54) is 12.1 Å². The summed E-state index contributed by atoms with van der Waals surface area (Å²) in [7, 11) is 1.67. The average Bonchev–Trinajstić information content (AvgIpc) is 2.61. The zero-order chi connectivity index (χ0) is 13.3. The molecule has 1 atom stereocenters. The number of rotatable bonds is 2. The number of likely N-dealkylation sites (tertiary alicyclic amines) is 1. The highest BCUT2D eigenvalue weighted by Gasteiger charge is 2.30. The molecule has 1 aromatic carbocycles. The highest BCUT2D eigenvalue weighted by Crippen LogP contribution is 2.22. The first-order chi connectivity index (χ1) is 8.49. The van der Waals surface area contributed by atoms with Gasteiger partial charge in [0.05, 0.1) is 5.56 Å². The Morgan fingerprint density at radius 3 is 2.72 bits per heavy atom. The summed E-state index contributed by atoms with van der Waals surface area (Å²) < 4.78 is 0. The standard InChI is InChI=1S/C12H14N2O4/c1-14-5-4-9(12(14)18)13-11(17)8-3-2-7(15)6-10(8)16/h2-3,6,9,15-16H,4-5H2,1H3,(H,13,17). The van der Waals surface area contributed by atoms with E-state index in [9.17, 15) is 14.7 Å². The molecule has 6 nitrogen and oxygen atoms in total. The fourth-order valence-electron chi connectivity index (χ4n) is 1.90. The van der Waals surface area contributed by atoms with Gasteiger partial charge in [0.1, 0.15) is 17.5 Å². The molecule has 3 N–H and O–H groups in total. The van der Waals surface area contributed by atoms with E-state index in [2.05, 4.69) is 5.32 Å². The van der Waals surface area contributed by atoms with Crippen molar-refractivity contribution in [2.24, 2.45) is 0 Å². The summed E-state index contributed by atoms with van der Waals surface area (Å²) in [6, 6.07) is 3.15. The predicted molar refractivity (Wildman–Crippen MR) is 63.3 cm³/mol. The molecule has 0 aliphatic carbocycles. The quantitative estimate of drug-likeness (QED) is 0.692. The van der Waals surface area contributed by atoms with Crippen molar-refractivity contribution in [3.63, 3.8) is 0 Å². The molecule has 0 radical (unpaired) electrons. The molecule has 1 saturated heterocycles. The van der Waals surface area contributed by atoms with Crippen LogP contribution < -0.4 is 5.32 Å². The van der Waals surface area contributed by atoms with Gasteiger partial charge in [-0.3, -0.25) is 9.59 Å². The molecular weight excluding hydrogens is 236 g/mol. The summed E-state index contributed by atoms with van der Waals surface area (Å²) in [5.74, 6) is -1.10. The topological polar surface area (TPSA) is 89.9 Å². The molecule has 1 aromatic rings.